The van der Waals surface area contributed by atoms with Crippen molar-refractivity contribution in [2.45, 2.75) is 36.1 Å². The van der Waals surface area contributed by atoms with Crippen LogP contribution in [0.4, 0.5) is 10.1 Å². The summed E-state index contributed by atoms with van der Waals surface area (Å²) in [4.78, 5) is 25.6. The van der Waals surface area contributed by atoms with Gasteiger partial charge in [0.1, 0.15) is 11.9 Å². The molecule has 0 aliphatic rings. The molecule has 0 saturated carbocycles. The summed E-state index contributed by atoms with van der Waals surface area (Å²) < 4.78 is 43.0. The molecule has 0 aliphatic carbocycles. The van der Waals surface area contributed by atoms with Crippen molar-refractivity contribution < 1.29 is 17.6 Å². The Balaban J connectivity index is 1.75. The third kappa shape index (κ3) is 6.29. The summed E-state index contributed by atoms with van der Waals surface area (Å²) in [6, 6.07) is 9.62. The van der Waals surface area contributed by atoms with Gasteiger partial charge in [-0.1, -0.05) is 35.9 Å². The number of aromatic nitrogens is 2. The Kier molecular flexibility index (Phi) is 8.70. The maximum atomic E-state index is 13.8. The Bertz CT molecular complexity index is 1410. The van der Waals surface area contributed by atoms with E-state index >= 15 is 0 Å². The van der Waals surface area contributed by atoms with Crippen molar-refractivity contribution in [1.29, 1.82) is 0 Å². The van der Waals surface area contributed by atoms with E-state index in [-0.39, 0.29) is 33.5 Å². The van der Waals surface area contributed by atoms with Gasteiger partial charge in [-0.15, -0.1) is 11.8 Å². The second-order valence-electron chi connectivity index (χ2n) is 7.66. The first-order valence-corrected chi connectivity index (χ1v) is 13.6. The summed E-state index contributed by atoms with van der Waals surface area (Å²) >= 11 is 7.14. The number of hydrogen-bond acceptors (Lipinski definition) is 6. The Morgan fingerprint density at radius 3 is 2.66 bits per heavy atom. The lowest BCUT2D eigenvalue weighted by molar-refractivity contribution is -0.119. The fraction of sp³-hybridized carbons (Fsp3) is 0.261. The van der Waals surface area contributed by atoms with Gasteiger partial charge in [-0.25, -0.2) is 22.2 Å². The molecule has 2 aromatic carbocycles. The van der Waals surface area contributed by atoms with Crippen LogP contribution in [0.1, 0.15) is 24.1 Å². The molecule has 1 heterocycles. The molecule has 0 saturated heterocycles. The monoisotopic (exact) mass is 538 g/mol. The average Bonchev–Trinajstić information content (AvgIpc) is 2.81. The number of benzene rings is 2. The smallest absolute Gasteiger partial charge is 0.282 e. The van der Waals surface area contributed by atoms with Crippen molar-refractivity contribution in [2.75, 3.05) is 18.1 Å². The van der Waals surface area contributed by atoms with Crippen LogP contribution >= 0.6 is 23.4 Å². The van der Waals surface area contributed by atoms with Gasteiger partial charge in [0.05, 0.1) is 21.0 Å². The molecule has 1 aromatic heterocycles. The number of nitrogens with one attached hydrogen (secondary N) is 2. The molecule has 0 spiro atoms. The quantitative estimate of drug-likeness (QED) is 0.401. The third-order valence-corrected chi connectivity index (χ3v) is 8.06. The average molecular weight is 539 g/mol. The van der Waals surface area contributed by atoms with Gasteiger partial charge >= 0.3 is 0 Å². The highest BCUT2D eigenvalue weighted by Crippen LogP contribution is 2.23. The second kappa shape index (κ2) is 11.3. The molecule has 3 rings (SSSR count). The van der Waals surface area contributed by atoms with E-state index in [1.165, 1.54) is 25.3 Å². The number of carbonyl (C=O) groups excluding carboxylic acids is 1. The van der Waals surface area contributed by atoms with Gasteiger partial charge in [-0.3, -0.25) is 9.59 Å². The molecular weight excluding hydrogens is 515 g/mol. The van der Waals surface area contributed by atoms with Crippen molar-refractivity contribution >= 4 is 45.0 Å². The summed E-state index contributed by atoms with van der Waals surface area (Å²) in [5.41, 5.74) is 0.597. The molecule has 12 heteroatoms. The van der Waals surface area contributed by atoms with Crippen LogP contribution in [0.15, 0.2) is 63.2 Å². The van der Waals surface area contributed by atoms with Gasteiger partial charge in [-0.05, 0) is 55.9 Å². The number of carbonyl (C=O) groups is 1. The number of halogens is 2. The van der Waals surface area contributed by atoms with Crippen molar-refractivity contribution in [1.82, 2.24) is 14.5 Å². The number of thioether (sulfide) groups is 1. The highest BCUT2D eigenvalue weighted by Gasteiger charge is 2.22. The molecule has 0 bridgehead atoms. The van der Waals surface area contributed by atoms with Crippen LogP contribution in [0.2, 0.25) is 5.02 Å². The molecule has 8 nitrogen and oxygen atoms in total. The molecule has 1 amide bonds. The summed E-state index contributed by atoms with van der Waals surface area (Å²) in [7, 11) is -3.93. The number of amides is 1. The van der Waals surface area contributed by atoms with Crippen molar-refractivity contribution in [2.24, 2.45) is 0 Å². The zero-order chi connectivity index (χ0) is 25.8. The Morgan fingerprint density at radius 1 is 1.26 bits per heavy atom. The van der Waals surface area contributed by atoms with Gasteiger partial charge in [0, 0.05) is 12.2 Å². The lowest BCUT2D eigenvalue weighted by Gasteiger charge is -2.16. The first-order valence-electron chi connectivity index (χ1n) is 10.5. The van der Waals surface area contributed by atoms with Crippen LogP contribution in [-0.4, -0.2) is 36.9 Å². The molecule has 1 atom stereocenters. The minimum absolute atomic E-state index is 0.000740. The largest absolute Gasteiger partial charge is 0.324 e. The molecule has 0 radical (unpaired) electrons. The SMILES string of the molecule is CSc1c(Cl)cnn(C(C)C(=O)Nc2ccc(C)c(S(=O)(=O)NCCc3ccccc3F)c2)c1=O. The van der Waals surface area contributed by atoms with E-state index in [2.05, 4.69) is 15.1 Å². The number of aryl methyl sites for hydroxylation is 1. The number of anilines is 1. The lowest BCUT2D eigenvalue weighted by atomic mass is 10.1. The van der Waals surface area contributed by atoms with Crippen LogP contribution < -0.4 is 15.6 Å². The molecule has 2 N–H and O–H groups in total. The predicted octanol–water partition coefficient (Wildman–Crippen LogP) is 3.79. The number of hydrogen-bond donors (Lipinski definition) is 2. The third-order valence-electron chi connectivity index (χ3n) is 5.25. The topological polar surface area (TPSA) is 110 Å². The van der Waals surface area contributed by atoms with Crippen LogP contribution in [-0.2, 0) is 21.2 Å². The molecule has 1 unspecified atom stereocenters. The highest BCUT2D eigenvalue weighted by molar-refractivity contribution is 7.98. The van der Waals surface area contributed by atoms with Gasteiger partial charge in [-0.2, -0.15) is 5.10 Å². The lowest BCUT2D eigenvalue weighted by Crippen LogP contribution is -2.34. The number of rotatable bonds is 9. The highest BCUT2D eigenvalue weighted by atomic mass is 35.5. The fourth-order valence-electron chi connectivity index (χ4n) is 3.31. The second-order valence-corrected chi connectivity index (χ2v) is 10.6. The molecular formula is C23H24ClFN4O4S2. The molecule has 186 valence electrons. The van der Waals surface area contributed by atoms with Crippen molar-refractivity contribution in [3.63, 3.8) is 0 Å². The van der Waals surface area contributed by atoms with E-state index in [0.717, 1.165) is 16.4 Å². The van der Waals surface area contributed by atoms with Gasteiger partial charge in [0.25, 0.3) is 5.56 Å². The van der Waals surface area contributed by atoms with Gasteiger partial charge in [0.2, 0.25) is 15.9 Å². The zero-order valence-corrected chi connectivity index (χ0v) is 21.6. The standard InChI is InChI=1S/C23H24ClFN4O4S2/c1-14-8-9-17(28-22(30)15(2)29-23(31)21(34-3)18(24)13-26-29)12-20(14)35(32,33)27-11-10-16-6-4-5-7-19(16)25/h4-9,12-13,15,27H,10-11H2,1-3H3,(H,28,30). The van der Waals surface area contributed by atoms with Gasteiger partial charge < -0.3 is 5.32 Å². The van der Waals surface area contributed by atoms with Crippen molar-refractivity contribution in [3.05, 3.63) is 81.0 Å². The van der Waals surface area contributed by atoms with E-state index in [0.29, 0.717) is 11.1 Å². The normalized spacial score (nSPS) is 12.4. The van der Waals surface area contributed by atoms with E-state index < -0.39 is 33.3 Å². The van der Waals surface area contributed by atoms with E-state index in [1.807, 2.05) is 0 Å². The molecule has 0 fully saturated rings. The minimum Gasteiger partial charge on any atom is -0.324 e. The maximum Gasteiger partial charge on any atom is 0.282 e. The predicted molar refractivity (Wildman–Crippen MR) is 135 cm³/mol. The number of sulfonamides is 1. The van der Waals surface area contributed by atoms with E-state index in [1.54, 1.807) is 43.5 Å². The van der Waals surface area contributed by atoms with Crippen LogP contribution in [0.5, 0.6) is 0 Å². The van der Waals surface area contributed by atoms with Crippen molar-refractivity contribution in [3.8, 4) is 0 Å². The van der Waals surface area contributed by atoms with Crippen LogP contribution in [0.25, 0.3) is 0 Å². The van der Waals surface area contributed by atoms with E-state index in [9.17, 15) is 22.4 Å². The van der Waals surface area contributed by atoms with E-state index in [4.69, 9.17) is 11.6 Å². The summed E-state index contributed by atoms with van der Waals surface area (Å²) in [5.74, 6) is -0.964. The van der Waals surface area contributed by atoms with Crippen LogP contribution in [0, 0.1) is 12.7 Å². The summed E-state index contributed by atoms with van der Waals surface area (Å²) in [5, 5.41) is 6.78. The first-order chi connectivity index (χ1) is 16.5. The fourth-order valence-corrected chi connectivity index (χ4v) is 5.49. The summed E-state index contributed by atoms with van der Waals surface area (Å²) in [6.45, 7) is 3.12. The zero-order valence-electron chi connectivity index (χ0n) is 19.2. The molecule has 3 aromatic rings. The van der Waals surface area contributed by atoms with Gasteiger partial charge in [0.15, 0.2) is 0 Å². The Hall–Kier alpha value is -2.73. The minimum atomic E-state index is -3.93. The first kappa shape index (κ1) is 26.9. The molecule has 0 aliphatic heterocycles. The van der Waals surface area contributed by atoms with Crippen LogP contribution in [0.3, 0.4) is 0 Å². The maximum absolute atomic E-state index is 13.8. The number of nitrogens with zero attached hydrogens (tertiary/aromatic N) is 2. The molecule has 35 heavy (non-hydrogen) atoms. The summed E-state index contributed by atoms with van der Waals surface area (Å²) in [6.07, 6.45) is 3.16. The Morgan fingerprint density at radius 2 is 1.97 bits per heavy atom. The Labute approximate surface area is 211 Å².